The van der Waals surface area contributed by atoms with Gasteiger partial charge < -0.3 is 14.7 Å². The van der Waals surface area contributed by atoms with Crippen molar-refractivity contribution in [3.63, 3.8) is 0 Å². The van der Waals surface area contributed by atoms with Crippen LogP contribution in [0.2, 0.25) is 0 Å². The number of aliphatic hydroxyl groups is 1. The van der Waals surface area contributed by atoms with Gasteiger partial charge >= 0.3 is 0 Å². The van der Waals surface area contributed by atoms with Crippen LogP contribution in [-0.4, -0.2) is 55.5 Å². The van der Waals surface area contributed by atoms with E-state index in [9.17, 15) is 0 Å². The summed E-state index contributed by atoms with van der Waals surface area (Å²) in [6.45, 7) is 6.22. The molecule has 22 heavy (non-hydrogen) atoms. The highest BCUT2D eigenvalue weighted by molar-refractivity contribution is 5.47. The summed E-state index contributed by atoms with van der Waals surface area (Å²) in [7, 11) is 0. The average Bonchev–Trinajstić information content (AvgIpc) is 3.01. The highest BCUT2D eigenvalue weighted by Crippen LogP contribution is 2.24. The summed E-state index contributed by atoms with van der Waals surface area (Å²) in [6, 6.07) is 9.70. The van der Waals surface area contributed by atoms with Gasteiger partial charge in [0.25, 0.3) is 0 Å². The zero-order valence-corrected chi connectivity index (χ0v) is 13.4. The number of anilines is 1. The maximum atomic E-state index is 9.02. The smallest absolute Gasteiger partial charge is 0.0642 e. The first kappa shape index (κ1) is 15.8. The quantitative estimate of drug-likeness (QED) is 0.874. The monoisotopic (exact) mass is 304 g/mol. The van der Waals surface area contributed by atoms with Gasteiger partial charge in [0.1, 0.15) is 0 Å². The maximum absolute atomic E-state index is 9.02. The lowest BCUT2D eigenvalue weighted by Gasteiger charge is -2.29. The summed E-state index contributed by atoms with van der Waals surface area (Å²) >= 11 is 0. The summed E-state index contributed by atoms with van der Waals surface area (Å²) in [4.78, 5) is 4.98. The van der Waals surface area contributed by atoms with E-state index < -0.39 is 0 Å². The molecule has 0 aromatic heterocycles. The second-order valence-corrected chi connectivity index (χ2v) is 6.40. The van der Waals surface area contributed by atoms with Crippen molar-refractivity contribution in [2.75, 3.05) is 44.4 Å². The summed E-state index contributed by atoms with van der Waals surface area (Å²) in [5, 5.41) is 9.02. The van der Waals surface area contributed by atoms with Crippen LogP contribution in [0.15, 0.2) is 24.3 Å². The predicted octanol–water partition coefficient (Wildman–Crippen LogP) is 2.26. The molecule has 1 unspecified atom stereocenters. The van der Waals surface area contributed by atoms with E-state index in [4.69, 9.17) is 9.84 Å². The maximum Gasteiger partial charge on any atom is 0.0642 e. The van der Waals surface area contributed by atoms with Gasteiger partial charge in [-0.05, 0) is 49.9 Å². The summed E-state index contributed by atoms with van der Waals surface area (Å²) in [5.74, 6) is 0. The lowest BCUT2D eigenvalue weighted by Crippen LogP contribution is -2.36. The van der Waals surface area contributed by atoms with Crippen LogP contribution < -0.4 is 4.90 Å². The molecule has 2 aliphatic heterocycles. The molecular formula is C18H28N2O2. The first-order chi connectivity index (χ1) is 10.9. The molecule has 122 valence electrons. The molecule has 1 aromatic carbocycles. The van der Waals surface area contributed by atoms with Crippen molar-refractivity contribution in [2.24, 2.45) is 0 Å². The molecular weight excluding hydrogens is 276 g/mol. The Kier molecular flexibility index (Phi) is 5.70. The number of morpholine rings is 1. The largest absolute Gasteiger partial charge is 0.396 e. The van der Waals surface area contributed by atoms with Gasteiger partial charge in [0.2, 0.25) is 0 Å². The van der Waals surface area contributed by atoms with Crippen LogP contribution in [0.4, 0.5) is 5.69 Å². The van der Waals surface area contributed by atoms with Crippen LogP contribution >= 0.6 is 0 Å². The molecule has 1 aromatic rings. The Morgan fingerprint density at radius 3 is 2.59 bits per heavy atom. The molecule has 3 rings (SSSR count). The Hall–Kier alpha value is -1.10. The Labute approximate surface area is 133 Å². The minimum Gasteiger partial charge on any atom is -0.396 e. The number of nitrogens with zero attached hydrogens (tertiary/aromatic N) is 2. The van der Waals surface area contributed by atoms with Crippen LogP contribution in [0.3, 0.4) is 0 Å². The third-order valence-corrected chi connectivity index (χ3v) is 4.89. The van der Waals surface area contributed by atoms with E-state index in [-0.39, 0.29) is 0 Å². The molecule has 0 saturated carbocycles. The summed E-state index contributed by atoms with van der Waals surface area (Å²) in [5.41, 5.74) is 2.71. The first-order valence-electron chi connectivity index (χ1n) is 8.63. The van der Waals surface area contributed by atoms with Crippen LogP contribution in [0, 0.1) is 0 Å². The van der Waals surface area contributed by atoms with Crippen molar-refractivity contribution >= 4 is 5.69 Å². The lowest BCUT2D eigenvalue weighted by atomic mass is 10.1. The molecule has 0 radical (unpaired) electrons. The third kappa shape index (κ3) is 4.00. The first-order valence-corrected chi connectivity index (χ1v) is 8.63. The molecule has 2 heterocycles. The van der Waals surface area contributed by atoms with E-state index in [1.807, 2.05) is 0 Å². The van der Waals surface area contributed by atoms with Gasteiger partial charge in [-0.1, -0.05) is 12.1 Å². The second-order valence-electron chi connectivity index (χ2n) is 6.40. The molecule has 2 aliphatic rings. The molecule has 4 nitrogen and oxygen atoms in total. The fourth-order valence-electron chi connectivity index (χ4n) is 3.63. The second kappa shape index (κ2) is 7.95. The van der Waals surface area contributed by atoms with Crippen molar-refractivity contribution in [2.45, 2.75) is 38.3 Å². The van der Waals surface area contributed by atoms with Gasteiger partial charge in [0.05, 0.1) is 13.2 Å². The third-order valence-electron chi connectivity index (χ3n) is 4.89. The number of rotatable bonds is 6. The van der Waals surface area contributed by atoms with Crippen LogP contribution in [0.5, 0.6) is 0 Å². The summed E-state index contributed by atoms with van der Waals surface area (Å²) < 4.78 is 5.41. The highest BCUT2D eigenvalue weighted by Gasteiger charge is 2.23. The van der Waals surface area contributed by atoms with E-state index in [1.165, 1.54) is 30.6 Å². The van der Waals surface area contributed by atoms with Gasteiger partial charge in [0, 0.05) is 38.0 Å². The SMILES string of the molecule is OCCCC1CCCN1Cc1ccc(N2CCOCC2)cc1. The molecule has 1 N–H and O–H groups in total. The van der Waals surface area contributed by atoms with Gasteiger partial charge in [-0.3, -0.25) is 4.90 Å². The van der Waals surface area contributed by atoms with Crippen molar-refractivity contribution in [1.29, 1.82) is 0 Å². The molecule has 2 saturated heterocycles. The zero-order chi connectivity index (χ0) is 15.2. The van der Waals surface area contributed by atoms with Crippen LogP contribution in [-0.2, 0) is 11.3 Å². The van der Waals surface area contributed by atoms with Gasteiger partial charge in [-0.25, -0.2) is 0 Å². The van der Waals surface area contributed by atoms with Crippen LogP contribution in [0.1, 0.15) is 31.2 Å². The number of aliphatic hydroxyl groups excluding tert-OH is 1. The molecule has 0 bridgehead atoms. The topological polar surface area (TPSA) is 35.9 Å². The van der Waals surface area contributed by atoms with Gasteiger partial charge in [-0.2, -0.15) is 0 Å². The van der Waals surface area contributed by atoms with E-state index in [0.29, 0.717) is 12.6 Å². The summed E-state index contributed by atoms with van der Waals surface area (Å²) in [6.07, 6.45) is 4.63. The molecule has 2 fully saturated rings. The molecule has 1 atom stereocenters. The zero-order valence-electron chi connectivity index (χ0n) is 13.4. The fraction of sp³-hybridized carbons (Fsp3) is 0.667. The van der Waals surface area contributed by atoms with Gasteiger partial charge in [-0.15, -0.1) is 0 Å². The number of hydrogen-bond donors (Lipinski definition) is 1. The van der Waals surface area contributed by atoms with Gasteiger partial charge in [0.15, 0.2) is 0 Å². The Bertz CT molecular complexity index is 443. The minimum atomic E-state index is 0.318. The number of benzene rings is 1. The van der Waals surface area contributed by atoms with Crippen LogP contribution in [0.25, 0.3) is 0 Å². The van der Waals surface area contributed by atoms with Crippen molar-refractivity contribution in [1.82, 2.24) is 4.90 Å². The fourth-order valence-corrected chi connectivity index (χ4v) is 3.63. The Morgan fingerprint density at radius 1 is 1.09 bits per heavy atom. The van der Waals surface area contributed by atoms with Crippen molar-refractivity contribution in [3.05, 3.63) is 29.8 Å². The lowest BCUT2D eigenvalue weighted by molar-refractivity contribution is 0.122. The predicted molar refractivity (Wildman–Crippen MR) is 89.2 cm³/mol. The number of likely N-dealkylation sites (tertiary alicyclic amines) is 1. The average molecular weight is 304 g/mol. The standard InChI is InChI=1S/C18H28N2O2/c21-12-2-4-17-3-1-9-20(17)15-16-5-7-18(8-6-16)19-10-13-22-14-11-19/h5-8,17,21H,1-4,9-15H2. The van der Waals surface area contributed by atoms with E-state index in [0.717, 1.165) is 45.7 Å². The Morgan fingerprint density at radius 2 is 1.86 bits per heavy atom. The normalized spacial score (nSPS) is 23.1. The number of hydrogen-bond acceptors (Lipinski definition) is 4. The molecule has 4 heteroatoms. The van der Waals surface area contributed by atoms with E-state index in [1.54, 1.807) is 0 Å². The Balaban J connectivity index is 1.56. The van der Waals surface area contributed by atoms with E-state index >= 15 is 0 Å². The van der Waals surface area contributed by atoms with E-state index in [2.05, 4.69) is 34.1 Å². The molecule has 0 amide bonds. The molecule has 0 aliphatic carbocycles. The van der Waals surface area contributed by atoms with Crippen molar-refractivity contribution < 1.29 is 9.84 Å². The minimum absolute atomic E-state index is 0.318. The molecule has 0 spiro atoms. The van der Waals surface area contributed by atoms with Crippen molar-refractivity contribution in [3.8, 4) is 0 Å². The number of ether oxygens (including phenoxy) is 1. The highest BCUT2D eigenvalue weighted by atomic mass is 16.5.